The zero-order chi connectivity index (χ0) is 18.3. The van der Waals surface area contributed by atoms with Crippen LogP contribution in [0.3, 0.4) is 0 Å². The lowest BCUT2D eigenvalue weighted by Crippen LogP contribution is -2.22. The molecule has 0 saturated heterocycles. The Balaban J connectivity index is 0.00000192. The summed E-state index contributed by atoms with van der Waals surface area (Å²) in [5.74, 6) is 0.940. The molecule has 0 spiro atoms. The summed E-state index contributed by atoms with van der Waals surface area (Å²) in [4.78, 5) is -0.338. The van der Waals surface area contributed by atoms with Crippen LogP contribution in [0, 0.1) is 0 Å². The quantitative estimate of drug-likeness (QED) is 0.602. The highest BCUT2D eigenvalue weighted by atomic mass is 35.5. The van der Waals surface area contributed by atoms with E-state index in [2.05, 4.69) is 74.7 Å². The second-order valence-electron chi connectivity index (χ2n) is 7.33. The van der Waals surface area contributed by atoms with Crippen LogP contribution in [0.5, 0.6) is 0 Å². The van der Waals surface area contributed by atoms with Crippen LogP contribution in [0.1, 0.15) is 41.8 Å². The minimum atomic E-state index is -0.338. The Morgan fingerprint density at radius 1 is 1.07 bits per heavy atom. The molecule has 1 aliphatic carbocycles. The molecule has 0 radical (unpaired) electrons. The Hall–Kier alpha value is -2.14. The summed E-state index contributed by atoms with van der Waals surface area (Å²) in [6.45, 7) is 1.53. The maximum Gasteiger partial charge on any atom is 0.151 e. The Kier molecular flexibility index (Phi) is 5.28. The third-order valence-electron chi connectivity index (χ3n) is 5.68. The van der Waals surface area contributed by atoms with E-state index in [1.165, 1.54) is 22.3 Å². The van der Waals surface area contributed by atoms with Gasteiger partial charge in [0.2, 0.25) is 0 Å². The molecular formula is C22H22Cl2N4. The molecule has 1 atom stereocenters. The van der Waals surface area contributed by atoms with Gasteiger partial charge in [-0.15, -0.1) is 34.2 Å². The van der Waals surface area contributed by atoms with E-state index in [0.717, 1.165) is 43.9 Å². The number of fused-ring (bicyclic) bond motifs is 3. The van der Waals surface area contributed by atoms with Crippen LogP contribution in [-0.2, 0) is 18.0 Å². The molecule has 1 N–H and O–H groups in total. The van der Waals surface area contributed by atoms with Crippen molar-refractivity contribution in [3.63, 3.8) is 0 Å². The van der Waals surface area contributed by atoms with Crippen LogP contribution in [0.2, 0.25) is 0 Å². The van der Waals surface area contributed by atoms with E-state index >= 15 is 0 Å². The first-order valence-corrected chi connectivity index (χ1v) is 9.77. The fourth-order valence-corrected chi connectivity index (χ4v) is 4.42. The number of aromatic nitrogens is 3. The highest BCUT2D eigenvalue weighted by Crippen LogP contribution is 2.45. The predicted octanol–water partition coefficient (Wildman–Crippen LogP) is 4.99. The molecule has 28 heavy (non-hydrogen) atoms. The van der Waals surface area contributed by atoms with Crippen molar-refractivity contribution >= 4 is 29.6 Å². The summed E-state index contributed by atoms with van der Waals surface area (Å²) < 4.78 is 2.06. The molecule has 144 valence electrons. The van der Waals surface area contributed by atoms with E-state index in [1.807, 2.05) is 0 Å². The van der Waals surface area contributed by atoms with Crippen LogP contribution < -0.4 is 5.32 Å². The van der Waals surface area contributed by atoms with E-state index in [-0.39, 0.29) is 17.3 Å². The summed E-state index contributed by atoms with van der Waals surface area (Å²) in [5.41, 5.74) is 6.29. The average Bonchev–Trinajstić information content (AvgIpc) is 3.10. The van der Waals surface area contributed by atoms with E-state index in [1.54, 1.807) is 6.33 Å². The number of hydrogen-bond donors (Lipinski definition) is 1. The lowest BCUT2D eigenvalue weighted by Gasteiger charge is -2.32. The third kappa shape index (κ3) is 3.37. The van der Waals surface area contributed by atoms with Crippen molar-refractivity contribution in [1.29, 1.82) is 0 Å². The van der Waals surface area contributed by atoms with Gasteiger partial charge in [-0.05, 0) is 47.6 Å². The highest BCUT2D eigenvalue weighted by Gasteiger charge is 2.32. The van der Waals surface area contributed by atoms with Crippen molar-refractivity contribution in [3.8, 4) is 5.69 Å². The Labute approximate surface area is 176 Å². The van der Waals surface area contributed by atoms with Gasteiger partial charge in [-0.3, -0.25) is 4.57 Å². The summed E-state index contributed by atoms with van der Waals surface area (Å²) in [5, 5.41) is 11.7. The van der Waals surface area contributed by atoms with E-state index < -0.39 is 0 Å². The van der Waals surface area contributed by atoms with Crippen LogP contribution in [-0.4, -0.2) is 14.8 Å². The number of nitrogens with zero attached hydrogens (tertiary/aromatic N) is 3. The van der Waals surface area contributed by atoms with Crippen molar-refractivity contribution in [2.75, 3.05) is 0 Å². The first kappa shape index (κ1) is 19.2. The van der Waals surface area contributed by atoms with Crippen molar-refractivity contribution in [2.24, 2.45) is 0 Å². The number of nitrogens with one attached hydrogen (secondary N) is 1. The summed E-state index contributed by atoms with van der Waals surface area (Å²) in [7, 11) is 0. The maximum atomic E-state index is 7.12. The van der Waals surface area contributed by atoms with E-state index in [4.69, 9.17) is 11.6 Å². The number of alkyl halides is 1. The van der Waals surface area contributed by atoms with E-state index in [0.29, 0.717) is 0 Å². The van der Waals surface area contributed by atoms with Gasteiger partial charge in [0.1, 0.15) is 6.33 Å². The molecule has 4 nitrogen and oxygen atoms in total. The fraction of sp³-hybridized carbons (Fsp3) is 0.273. The smallest absolute Gasteiger partial charge is 0.151 e. The Morgan fingerprint density at radius 2 is 1.93 bits per heavy atom. The molecule has 2 aliphatic rings. The van der Waals surface area contributed by atoms with Crippen molar-refractivity contribution in [3.05, 3.63) is 83.4 Å². The lowest BCUT2D eigenvalue weighted by atomic mass is 9.81. The normalized spacial score (nSPS) is 21.0. The molecule has 3 aromatic rings. The molecule has 0 amide bonds. The standard InChI is InChI=1S/C22H21ClN4.ClH/c23-22(10-8-17(9-11-22)16-4-2-1-3-5-16)19-6-7-20-18(12-19)13-24-14-21-26-25-15-27(20)21;/h1-8,12,15,24H,9-11,13-14H2;1H. The molecule has 0 saturated carbocycles. The Bertz CT molecular complexity index is 1010. The maximum absolute atomic E-state index is 7.12. The molecule has 1 unspecified atom stereocenters. The van der Waals surface area contributed by atoms with Gasteiger partial charge in [-0.2, -0.15) is 0 Å². The van der Waals surface area contributed by atoms with Gasteiger partial charge >= 0.3 is 0 Å². The third-order valence-corrected chi connectivity index (χ3v) is 6.24. The number of hydrogen-bond acceptors (Lipinski definition) is 3. The van der Waals surface area contributed by atoms with Crippen LogP contribution in [0.4, 0.5) is 0 Å². The molecular weight excluding hydrogens is 391 g/mol. The Morgan fingerprint density at radius 3 is 2.71 bits per heavy atom. The van der Waals surface area contributed by atoms with Gasteiger partial charge in [0.05, 0.1) is 17.1 Å². The fourth-order valence-electron chi connectivity index (χ4n) is 4.13. The molecule has 2 aromatic carbocycles. The van der Waals surface area contributed by atoms with Gasteiger partial charge in [-0.25, -0.2) is 0 Å². The lowest BCUT2D eigenvalue weighted by molar-refractivity contribution is 0.553. The van der Waals surface area contributed by atoms with Crippen molar-refractivity contribution in [2.45, 2.75) is 37.2 Å². The SMILES string of the molecule is Cl.ClC1(c2ccc3c(c2)CNCc2nncn2-3)CC=C(c2ccccc2)CC1. The zero-order valence-electron chi connectivity index (χ0n) is 15.4. The topological polar surface area (TPSA) is 42.7 Å². The summed E-state index contributed by atoms with van der Waals surface area (Å²) in [6, 6.07) is 17.2. The number of benzene rings is 2. The number of allylic oxidation sites excluding steroid dienone is 2. The van der Waals surface area contributed by atoms with Gasteiger partial charge in [0.25, 0.3) is 0 Å². The minimum Gasteiger partial charge on any atom is -0.306 e. The van der Waals surface area contributed by atoms with Crippen LogP contribution in [0.25, 0.3) is 11.3 Å². The molecule has 1 aliphatic heterocycles. The van der Waals surface area contributed by atoms with Gasteiger partial charge in [0, 0.05) is 6.54 Å². The average molecular weight is 413 g/mol. The summed E-state index contributed by atoms with van der Waals surface area (Å²) >= 11 is 7.12. The molecule has 0 fully saturated rings. The monoisotopic (exact) mass is 412 g/mol. The van der Waals surface area contributed by atoms with Gasteiger partial charge < -0.3 is 5.32 Å². The summed E-state index contributed by atoms with van der Waals surface area (Å²) in [6.07, 6.45) is 6.89. The second kappa shape index (κ2) is 7.70. The van der Waals surface area contributed by atoms with Crippen molar-refractivity contribution in [1.82, 2.24) is 20.1 Å². The molecule has 1 aromatic heterocycles. The first-order valence-electron chi connectivity index (χ1n) is 9.40. The van der Waals surface area contributed by atoms with Crippen molar-refractivity contribution < 1.29 is 0 Å². The zero-order valence-corrected chi connectivity index (χ0v) is 17.0. The molecule has 2 heterocycles. The van der Waals surface area contributed by atoms with Gasteiger partial charge in [-0.1, -0.05) is 48.5 Å². The van der Waals surface area contributed by atoms with Crippen LogP contribution >= 0.6 is 24.0 Å². The number of halogens is 2. The minimum absolute atomic E-state index is 0. The highest BCUT2D eigenvalue weighted by molar-refractivity contribution is 6.24. The number of rotatable bonds is 2. The molecule has 6 heteroatoms. The first-order chi connectivity index (χ1) is 13.2. The van der Waals surface area contributed by atoms with Gasteiger partial charge in [0.15, 0.2) is 5.82 Å². The molecule has 5 rings (SSSR count). The molecule has 0 bridgehead atoms. The predicted molar refractivity (Wildman–Crippen MR) is 115 cm³/mol. The van der Waals surface area contributed by atoms with Crippen LogP contribution in [0.15, 0.2) is 60.9 Å². The largest absolute Gasteiger partial charge is 0.306 e. The van der Waals surface area contributed by atoms with E-state index in [9.17, 15) is 0 Å². The second-order valence-corrected chi connectivity index (χ2v) is 8.05.